The van der Waals surface area contributed by atoms with Gasteiger partial charge in [-0.3, -0.25) is 14.2 Å². The molecule has 0 aliphatic rings. The highest BCUT2D eigenvalue weighted by Gasteiger charge is 2.17. The van der Waals surface area contributed by atoms with Gasteiger partial charge in [-0.25, -0.2) is 4.98 Å². The zero-order valence-electron chi connectivity index (χ0n) is 16.4. The van der Waals surface area contributed by atoms with Crippen LogP contribution in [0.1, 0.15) is 39.1 Å². The third kappa shape index (κ3) is 4.28. The van der Waals surface area contributed by atoms with Crippen LogP contribution >= 0.6 is 0 Å². The lowest BCUT2D eigenvalue weighted by Crippen LogP contribution is -2.31. The first-order valence-corrected chi connectivity index (χ1v) is 9.49. The maximum atomic E-state index is 13.3. The maximum absolute atomic E-state index is 13.3. The molecule has 1 aromatic heterocycles. The number of nitrogens with one attached hydrogen (secondary N) is 1. The summed E-state index contributed by atoms with van der Waals surface area (Å²) < 4.78 is 7.13. The molecule has 0 bridgehead atoms. The monoisotopic (exact) mass is 379 g/mol. The summed E-state index contributed by atoms with van der Waals surface area (Å²) in [4.78, 5) is 29.3. The first-order valence-electron chi connectivity index (χ1n) is 9.49. The largest absolute Gasteiger partial charge is 0.494 e. The highest BCUT2D eigenvalue weighted by molar-refractivity contribution is 5.78. The zero-order chi connectivity index (χ0) is 20.1. The molecule has 6 nitrogen and oxygen atoms in total. The van der Waals surface area contributed by atoms with Crippen molar-refractivity contribution in [3.05, 3.63) is 64.7 Å². The molecule has 0 saturated carbocycles. The minimum atomic E-state index is -0.205. The van der Waals surface area contributed by atoms with Crippen LogP contribution in [0.2, 0.25) is 0 Å². The minimum absolute atomic E-state index is 0.120. The van der Waals surface area contributed by atoms with E-state index in [1.807, 2.05) is 56.3 Å². The van der Waals surface area contributed by atoms with Crippen LogP contribution in [-0.2, 0) is 4.79 Å². The Labute approximate surface area is 164 Å². The first kappa shape index (κ1) is 19.8. The van der Waals surface area contributed by atoms with Gasteiger partial charge in [-0.2, -0.15) is 0 Å². The number of rotatable bonds is 8. The molecule has 0 aliphatic carbocycles. The van der Waals surface area contributed by atoms with Gasteiger partial charge in [0, 0.05) is 13.0 Å². The summed E-state index contributed by atoms with van der Waals surface area (Å²) in [5, 5.41) is 3.86. The van der Waals surface area contributed by atoms with Gasteiger partial charge in [-0.15, -0.1) is 0 Å². The predicted molar refractivity (Wildman–Crippen MR) is 110 cm³/mol. The standard InChI is InChI=1S/C22H25N3O3/c1-4-28-18-11-9-17(10-12-18)25-21(16(3)23-14-13-15(2)26)24-20-8-6-5-7-19(20)22(25)27/h5-12,16,23H,4,13-14H2,1-3H3. The Hall–Kier alpha value is -2.99. The van der Waals surface area contributed by atoms with Gasteiger partial charge in [-0.1, -0.05) is 12.1 Å². The molecular weight excluding hydrogens is 354 g/mol. The zero-order valence-corrected chi connectivity index (χ0v) is 16.4. The Balaban J connectivity index is 2.08. The lowest BCUT2D eigenvalue weighted by Gasteiger charge is -2.19. The van der Waals surface area contributed by atoms with Crippen LogP contribution < -0.4 is 15.6 Å². The summed E-state index contributed by atoms with van der Waals surface area (Å²) in [7, 11) is 0. The summed E-state index contributed by atoms with van der Waals surface area (Å²) in [6.45, 7) is 6.55. The van der Waals surface area contributed by atoms with Crippen LogP contribution in [0.3, 0.4) is 0 Å². The van der Waals surface area contributed by atoms with Gasteiger partial charge >= 0.3 is 0 Å². The van der Waals surface area contributed by atoms with Crippen LogP contribution in [0.4, 0.5) is 0 Å². The fraction of sp³-hybridized carbons (Fsp3) is 0.318. The summed E-state index contributed by atoms with van der Waals surface area (Å²) in [5.41, 5.74) is 1.26. The van der Waals surface area contributed by atoms with Gasteiger partial charge < -0.3 is 10.1 Å². The van der Waals surface area contributed by atoms with E-state index in [0.29, 0.717) is 36.3 Å². The van der Waals surface area contributed by atoms with E-state index in [1.54, 1.807) is 17.6 Å². The second-order valence-corrected chi connectivity index (χ2v) is 6.68. The molecule has 1 unspecified atom stereocenters. The first-order chi connectivity index (χ1) is 13.5. The van der Waals surface area contributed by atoms with Gasteiger partial charge in [0.25, 0.3) is 5.56 Å². The van der Waals surface area contributed by atoms with E-state index in [2.05, 4.69) is 5.32 Å². The number of para-hydroxylation sites is 1. The highest BCUT2D eigenvalue weighted by Crippen LogP contribution is 2.20. The van der Waals surface area contributed by atoms with Crippen molar-refractivity contribution in [1.29, 1.82) is 0 Å². The van der Waals surface area contributed by atoms with Crippen molar-refractivity contribution in [1.82, 2.24) is 14.9 Å². The molecule has 1 heterocycles. The number of benzene rings is 2. The number of carbonyl (C=O) groups is 1. The Morgan fingerprint density at radius 2 is 1.89 bits per heavy atom. The minimum Gasteiger partial charge on any atom is -0.494 e. The quantitative estimate of drug-likeness (QED) is 0.649. The van der Waals surface area contributed by atoms with Crippen LogP contribution in [0.25, 0.3) is 16.6 Å². The smallest absolute Gasteiger partial charge is 0.266 e. The van der Waals surface area contributed by atoms with Crippen molar-refractivity contribution in [3.63, 3.8) is 0 Å². The van der Waals surface area contributed by atoms with Gasteiger partial charge in [0.1, 0.15) is 17.4 Å². The number of nitrogens with zero attached hydrogens (tertiary/aromatic N) is 2. The Morgan fingerprint density at radius 1 is 1.18 bits per heavy atom. The van der Waals surface area contributed by atoms with E-state index in [-0.39, 0.29) is 17.4 Å². The second kappa shape index (κ2) is 8.80. The Bertz CT molecular complexity index is 1030. The Morgan fingerprint density at radius 3 is 2.57 bits per heavy atom. The topological polar surface area (TPSA) is 73.2 Å². The van der Waals surface area contributed by atoms with Crippen molar-refractivity contribution < 1.29 is 9.53 Å². The average molecular weight is 379 g/mol. The van der Waals surface area contributed by atoms with E-state index in [1.165, 1.54) is 0 Å². The van der Waals surface area contributed by atoms with Gasteiger partial charge in [-0.05, 0) is 57.2 Å². The molecule has 146 valence electrons. The summed E-state index contributed by atoms with van der Waals surface area (Å²) in [6.07, 6.45) is 0.436. The van der Waals surface area contributed by atoms with E-state index < -0.39 is 0 Å². The lowest BCUT2D eigenvalue weighted by molar-refractivity contribution is -0.116. The summed E-state index contributed by atoms with van der Waals surface area (Å²) in [6, 6.07) is 14.5. The number of ether oxygens (including phenoxy) is 1. The molecule has 0 amide bonds. The van der Waals surface area contributed by atoms with E-state index >= 15 is 0 Å². The average Bonchev–Trinajstić information content (AvgIpc) is 2.68. The molecule has 6 heteroatoms. The van der Waals surface area contributed by atoms with Crippen molar-refractivity contribution in [2.75, 3.05) is 13.2 Å². The van der Waals surface area contributed by atoms with Gasteiger partial charge in [0.05, 0.1) is 29.2 Å². The normalized spacial score (nSPS) is 12.1. The summed E-state index contributed by atoms with van der Waals surface area (Å²) >= 11 is 0. The van der Waals surface area contributed by atoms with Gasteiger partial charge in [0.2, 0.25) is 0 Å². The molecule has 0 radical (unpaired) electrons. The number of hydrogen-bond acceptors (Lipinski definition) is 5. The fourth-order valence-electron chi connectivity index (χ4n) is 3.10. The molecule has 2 aromatic carbocycles. The third-order valence-electron chi connectivity index (χ3n) is 4.52. The molecule has 1 atom stereocenters. The van der Waals surface area contributed by atoms with Crippen molar-refractivity contribution in [2.24, 2.45) is 0 Å². The third-order valence-corrected chi connectivity index (χ3v) is 4.52. The Kier molecular flexibility index (Phi) is 6.21. The van der Waals surface area contributed by atoms with E-state index in [9.17, 15) is 9.59 Å². The van der Waals surface area contributed by atoms with Crippen molar-refractivity contribution in [2.45, 2.75) is 33.2 Å². The van der Waals surface area contributed by atoms with E-state index in [0.717, 1.165) is 11.4 Å². The van der Waals surface area contributed by atoms with Crippen LogP contribution in [0, 0.1) is 0 Å². The van der Waals surface area contributed by atoms with Crippen molar-refractivity contribution in [3.8, 4) is 11.4 Å². The number of ketones is 1. The molecule has 0 fully saturated rings. The van der Waals surface area contributed by atoms with Crippen LogP contribution in [0.15, 0.2) is 53.3 Å². The molecular formula is C22H25N3O3. The lowest BCUT2D eigenvalue weighted by atomic mass is 10.2. The SMILES string of the molecule is CCOc1ccc(-n2c(C(C)NCCC(C)=O)nc3ccccc3c2=O)cc1. The van der Waals surface area contributed by atoms with Crippen LogP contribution in [-0.4, -0.2) is 28.5 Å². The molecule has 0 saturated heterocycles. The van der Waals surface area contributed by atoms with Crippen LogP contribution in [0.5, 0.6) is 5.75 Å². The fourth-order valence-corrected chi connectivity index (χ4v) is 3.10. The maximum Gasteiger partial charge on any atom is 0.266 e. The molecule has 3 rings (SSSR count). The highest BCUT2D eigenvalue weighted by atomic mass is 16.5. The predicted octanol–water partition coefficient (Wildman–Crippen LogP) is 3.41. The van der Waals surface area contributed by atoms with Gasteiger partial charge in [0.15, 0.2) is 0 Å². The molecule has 28 heavy (non-hydrogen) atoms. The van der Waals surface area contributed by atoms with E-state index in [4.69, 9.17) is 9.72 Å². The number of fused-ring (bicyclic) bond motifs is 1. The number of hydrogen-bond donors (Lipinski definition) is 1. The molecule has 3 aromatic rings. The number of carbonyl (C=O) groups excluding carboxylic acids is 1. The molecule has 0 aliphatic heterocycles. The second-order valence-electron chi connectivity index (χ2n) is 6.68. The molecule has 0 spiro atoms. The van der Waals surface area contributed by atoms with Crippen molar-refractivity contribution >= 4 is 16.7 Å². The number of aromatic nitrogens is 2. The molecule has 1 N–H and O–H groups in total. The summed E-state index contributed by atoms with van der Waals surface area (Å²) in [5.74, 6) is 1.48. The number of Topliss-reactive ketones (excluding diaryl/α,β-unsaturated/α-hetero) is 1.